The summed E-state index contributed by atoms with van der Waals surface area (Å²) in [5, 5.41) is 10.7. The maximum Gasteiger partial charge on any atom is 0.226 e. The first-order valence-electron chi connectivity index (χ1n) is 9.33. The maximum absolute atomic E-state index is 5.37. The quantitative estimate of drug-likeness (QED) is 0.390. The van der Waals surface area contributed by atoms with Gasteiger partial charge in [-0.05, 0) is 13.3 Å². The fraction of sp³-hybridized carbons (Fsp3) is 0.824. The van der Waals surface area contributed by atoms with Crippen LogP contribution in [0.25, 0.3) is 0 Å². The van der Waals surface area contributed by atoms with Gasteiger partial charge >= 0.3 is 0 Å². The third-order valence-corrected chi connectivity index (χ3v) is 3.99. The molecular formula is C17H32N6O2. The molecule has 2 rings (SSSR count). The zero-order chi connectivity index (χ0) is 17.9. The van der Waals surface area contributed by atoms with Crippen molar-refractivity contribution in [2.45, 2.75) is 39.5 Å². The van der Waals surface area contributed by atoms with Crippen LogP contribution in [0.1, 0.15) is 44.8 Å². The highest BCUT2D eigenvalue weighted by atomic mass is 16.5. The Morgan fingerprint density at radius 1 is 1.28 bits per heavy atom. The Morgan fingerprint density at radius 3 is 2.76 bits per heavy atom. The second-order valence-electron chi connectivity index (χ2n) is 6.45. The second-order valence-corrected chi connectivity index (χ2v) is 6.45. The molecule has 25 heavy (non-hydrogen) atoms. The minimum Gasteiger partial charge on any atom is -0.379 e. The van der Waals surface area contributed by atoms with Gasteiger partial charge in [0.15, 0.2) is 11.8 Å². The number of hydrogen-bond donors (Lipinski definition) is 2. The number of morpholine rings is 1. The molecule has 1 fully saturated rings. The minimum atomic E-state index is 0.298. The number of nitrogens with one attached hydrogen (secondary N) is 2. The SMILES string of the molecule is CCNC(=NCCCc1nc(C(C)C)no1)NCCN1CCOCC1. The highest BCUT2D eigenvalue weighted by Gasteiger charge is 2.10. The summed E-state index contributed by atoms with van der Waals surface area (Å²) in [6.45, 7) is 13.4. The monoisotopic (exact) mass is 352 g/mol. The van der Waals surface area contributed by atoms with Crippen molar-refractivity contribution in [3.8, 4) is 0 Å². The fourth-order valence-corrected chi connectivity index (χ4v) is 2.52. The molecule has 2 N–H and O–H groups in total. The lowest BCUT2D eigenvalue weighted by atomic mass is 10.2. The number of hydrogen-bond acceptors (Lipinski definition) is 6. The van der Waals surface area contributed by atoms with E-state index < -0.39 is 0 Å². The summed E-state index contributed by atoms with van der Waals surface area (Å²) in [6.07, 6.45) is 1.65. The van der Waals surface area contributed by atoms with E-state index in [1.165, 1.54) is 0 Å². The molecule has 0 aliphatic carbocycles. The van der Waals surface area contributed by atoms with Crippen molar-refractivity contribution in [2.75, 3.05) is 52.5 Å². The van der Waals surface area contributed by atoms with Crippen molar-refractivity contribution in [3.05, 3.63) is 11.7 Å². The van der Waals surface area contributed by atoms with E-state index in [-0.39, 0.29) is 0 Å². The van der Waals surface area contributed by atoms with Gasteiger partial charge in [-0.2, -0.15) is 4.98 Å². The summed E-state index contributed by atoms with van der Waals surface area (Å²) in [5.74, 6) is 2.64. The van der Waals surface area contributed by atoms with Gasteiger partial charge in [0.05, 0.1) is 13.2 Å². The molecular weight excluding hydrogens is 320 g/mol. The first-order chi connectivity index (χ1) is 12.2. The molecule has 1 aromatic heterocycles. The van der Waals surface area contributed by atoms with Crippen LogP contribution in [0, 0.1) is 0 Å². The van der Waals surface area contributed by atoms with Gasteiger partial charge in [-0.15, -0.1) is 0 Å². The molecule has 0 unspecified atom stereocenters. The van der Waals surface area contributed by atoms with Gasteiger partial charge in [-0.1, -0.05) is 19.0 Å². The molecule has 1 aromatic rings. The van der Waals surface area contributed by atoms with Gasteiger partial charge in [0, 0.05) is 51.6 Å². The number of aryl methyl sites for hydroxylation is 1. The minimum absolute atomic E-state index is 0.298. The predicted molar refractivity (Wildman–Crippen MR) is 97.9 cm³/mol. The number of aromatic nitrogens is 2. The first kappa shape index (κ1) is 19.7. The van der Waals surface area contributed by atoms with E-state index in [0.717, 1.165) is 77.1 Å². The average molecular weight is 352 g/mol. The number of nitrogens with zero attached hydrogens (tertiary/aromatic N) is 4. The normalized spacial score (nSPS) is 16.4. The van der Waals surface area contributed by atoms with Gasteiger partial charge in [-0.3, -0.25) is 9.89 Å². The zero-order valence-electron chi connectivity index (χ0n) is 15.8. The van der Waals surface area contributed by atoms with Crippen LogP contribution >= 0.6 is 0 Å². The van der Waals surface area contributed by atoms with Crippen molar-refractivity contribution in [1.29, 1.82) is 0 Å². The van der Waals surface area contributed by atoms with Gasteiger partial charge in [0.1, 0.15) is 0 Å². The lowest BCUT2D eigenvalue weighted by Crippen LogP contribution is -2.44. The van der Waals surface area contributed by atoms with Gasteiger partial charge in [0.25, 0.3) is 0 Å². The summed E-state index contributed by atoms with van der Waals surface area (Å²) >= 11 is 0. The molecule has 0 amide bonds. The summed E-state index contributed by atoms with van der Waals surface area (Å²) in [4.78, 5) is 11.4. The van der Waals surface area contributed by atoms with E-state index in [2.05, 4.69) is 51.4 Å². The molecule has 8 heteroatoms. The molecule has 2 heterocycles. The van der Waals surface area contributed by atoms with E-state index in [1.807, 2.05) is 0 Å². The van der Waals surface area contributed by atoms with Crippen LogP contribution in [-0.4, -0.2) is 73.5 Å². The zero-order valence-corrected chi connectivity index (χ0v) is 15.8. The van der Waals surface area contributed by atoms with Crippen LogP contribution in [0.15, 0.2) is 9.52 Å². The van der Waals surface area contributed by atoms with Crippen molar-refractivity contribution in [3.63, 3.8) is 0 Å². The number of ether oxygens (including phenoxy) is 1. The molecule has 1 aliphatic rings. The van der Waals surface area contributed by atoms with Crippen molar-refractivity contribution < 1.29 is 9.26 Å². The molecule has 0 radical (unpaired) electrons. The standard InChI is InChI=1S/C17H32N6O2/c1-4-18-17(20-8-9-23-10-12-24-13-11-23)19-7-5-6-15-21-16(14(2)3)22-25-15/h14H,4-13H2,1-3H3,(H2,18,19,20). The Kier molecular flexibility index (Phi) is 8.68. The predicted octanol–water partition coefficient (Wildman–Crippen LogP) is 1.01. The van der Waals surface area contributed by atoms with Crippen LogP contribution < -0.4 is 10.6 Å². The van der Waals surface area contributed by atoms with E-state index in [1.54, 1.807) is 0 Å². The molecule has 0 aromatic carbocycles. The fourth-order valence-electron chi connectivity index (χ4n) is 2.52. The van der Waals surface area contributed by atoms with Gasteiger partial charge in [-0.25, -0.2) is 0 Å². The Hall–Kier alpha value is -1.67. The van der Waals surface area contributed by atoms with E-state index in [9.17, 15) is 0 Å². The average Bonchev–Trinajstić information content (AvgIpc) is 3.09. The van der Waals surface area contributed by atoms with Crippen LogP contribution in [0.2, 0.25) is 0 Å². The highest BCUT2D eigenvalue weighted by molar-refractivity contribution is 5.79. The Bertz CT molecular complexity index is 511. The van der Waals surface area contributed by atoms with E-state index >= 15 is 0 Å². The number of aliphatic imine (C=N–C) groups is 1. The largest absolute Gasteiger partial charge is 0.379 e. The molecule has 1 aliphatic heterocycles. The van der Waals surface area contributed by atoms with Crippen molar-refractivity contribution >= 4 is 5.96 Å². The lowest BCUT2D eigenvalue weighted by molar-refractivity contribution is 0.0389. The summed E-state index contributed by atoms with van der Waals surface area (Å²) in [5.41, 5.74) is 0. The van der Waals surface area contributed by atoms with E-state index in [4.69, 9.17) is 9.26 Å². The molecule has 0 atom stereocenters. The maximum atomic E-state index is 5.37. The Balaban J connectivity index is 1.67. The van der Waals surface area contributed by atoms with E-state index in [0.29, 0.717) is 11.8 Å². The van der Waals surface area contributed by atoms with Gasteiger partial charge < -0.3 is 19.9 Å². The molecule has 142 valence electrons. The summed E-state index contributed by atoms with van der Waals surface area (Å²) in [7, 11) is 0. The second kappa shape index (κ2) is 11.0. The molecule has 0 saturated carbocycles. The Labute approximate surface area is 150 Å². The third-order valence-electron chi connectivity index (χ3n) is 3.99. The molecule has 0 spiro atoms. The van der Waals surface area contributed by atoms with Crippen molar-refractivity contribution in [2.24, 2.45) is 4.99 Å². The number of rotatable bonds is 9. The van der Waals surface area contributed by atoms with Crippen LogP contribution in [0.5, 0.6) is 0 Å². The highest BCUT2D eigenvalue weighted by Crippen LogP contribution is 2.10. The number of guanidine groups is 1. The Morgan fingerprint density at radius 2 is 2.08 bits per heavy atom. The van der Waals surface area contributed by atoms with Crippen molar-refractivity contribution in [1.82, 2.24) is 25.7 Å². The molecule has 8 nitrogen and oxygen atoms in total. The summed E-state index contributed by atoms with van der Waals surface area (Å²) in [6, 6.07) is 0. The van der Waals surface area contributed by atoms with Gasteiger partial charge in [0.2, 0.25) is 5.89 Å². The summed E-state index contributed by atoms with van der Waals surface area (Å²) < 4.78 is 10.6. The smallest absolute Gasteiger partial charge is 0.226 e. The molecule has 0 bridgehead atoms. The first-order valence-corrected chi connectivity index (χ1v) is 9.33. The van der Waals surface area contributed by atoms with Crippen LogP contribution in [0.3, 0.4) is 0 Å². The topological polar surface area (TPSA) is 87.8 Å². The van der Waals surface area contributed by atoms with Crippen LogP contribution in [-0.2, 0) is 11.2 Å². The lowest BCUT2D eigenvalue weighted by Gasteiger charge is -2.26. The van der Waals surface area contributed by atoms with Crippen LogP contribution in [0.4, 0.5) is 0 Å². The third kappa shape index (κ3) is 7.39. The molecule has 1 saturated heterocycles.